The van der Waals surface area contributed by atoms with Gasteiger partial charge in [-0.15, -0.1) is 0 Å². The number of carbonyl (C=O) groups is 3. The Labute approximate surface area is 232 Å². The van der Waals surface area contributed by atoms with Crippen LogP contribution in [0.1, 0.15) is 96.3 Å². The molecule has 6 saturated carbocycles. The van der Waals surface area contributed by atoms with Gasteiger partial charge in [-0.25, -0.2) is 0 Å². The van der Waals surface area contributed by atoms with Crippen molar-refractivity contribution in [1.82, 2.24) is 0 Å². The Bertz CT molecular complexity index is 983. The van der Waals surface area contributed by atoms with Gasteiger partial charge in [0.15, 0.2) is 0 Å². The van der Waals surface area contributed by atoms with E-state index in [1.54, 1.807) is 0 Å². The van der Waals surface area contributed by atoms with Crippen LogP contribution in [0.15, 0.2) is 18.2 Å². The molecule has 0 aromatic heterocycles. The minimum Gasteiger partial charge on any atom is -0.326 e. The van der Waals surface area contributed by atoms with Crippen LogP contribution in [0.3, 0.4) is 0 Å². The minimum absolute atomic E-state index is 0.0391. The molecule has 0 spiro atoms. The van der Waals surface area contributed by atoms with E-state index in [1.165, 1.54) is 77.0 Å². The van der Waals surface area contributed by atoms with Gasteiger partial charge in [0.05, 0.1) is 0 Å². The number of hydrogen-bond donors (Lipinski definition) is 3. The van der Waals surface area contributed by atoms with Crippen molar-refractivity contribution in [2.45, 2.75) is 96.3 Å². The average Bonchev–Trinajstić information content (AvgIpc) is 3.73. The van der Waals surface area contributed by atoms with Crippen LogP contribution in [0.5, 0.6) is 0 Å². The smallest absolute Gasteiger partial charge is 0.224 e. The first-order valence-electron chi connectivity index (χ1n) is 16.0. The van der Waals surface area contributed by atoms with E-state index in [1.807, 2.05) is 18.2 Å². The Morgan fingerprint density at radius 3 is 1.03 bits per heavy atom. The molecule has 9 unspecified atom stereocenters. The van der Waals surface area contributed by atoms with Crippen LogP contribution < -0.4 is 16.0 Å². The normalized spacial score (nSPS) is 37.4. The summed E-state index contributed by atoms with van der Waals surface area (Å²) in [6.45, 7) is 0. The summed E-state index contributed by atoms with van der Waals surface area (Å²) in [5.74, 6) is 6.17. The van der Waals surface area contributed by atoms with Gasteiger partial charge in [-0.2, -0.15) is 0 Å². The van der Waals surface area contributed by atoms with Crippen molar-refractivity contribution in [1.29, 1.82) is 0 Å². The summed E-state index contributed by atoms with van der Waals surface area (Å²) < 4.78 is 0. The second kappa shape index (κ2) is 10.6. The van der Waals surface area contributed by atoms with Crippen molar-refractivity contribution in [3.63, 3.8) is 0 Å². The second-order valence-corrected chi connectivity index (χ2v) is 14.4. The summed E-state index contributed by atoms with van der Waals surface area (Å²) in [6, 6.07) is 5.55. The van der Waals surface area contributed by atoms with Gasteiger partial charge in [0.1, 0.15) is 0 Å². The number of rotatable bonds is 9. The van der Waals surface area contributed by atoms with Crippen molar-refractivity contribution >= 4 is 34.8 Å². The van der Waals surface area contributed by atoms with Gasteiger partial charge in [-0.1, -0.05) is 19.3 Å². The number of benzene rings is 1. The summed E-state index contributed by atoms with van der Waals surface area (Å²) in [7, 11) is 0. The second-order valence-electron chi connectivity index (χ2n) is 14.4. The summed E-state index contributed by atoms with van der Waals surface area (Å²) in [5.41, 5.74) is 1.95. The molecular weight excluding hydrogens is 486 g/mol. The Morgan fingerprint density at radius 1 is 0.487 bits per heavy atom. The number of amides is 3. The molecule has 0 heterocycles. The lowest BCUT2D eigenvalue weighted by atomic mass is 9.86. The lowest BCUT2D eigenvalue weighted by Gasteiger charge is -2.22. The van der Waals surface area contributed by atoms with Crippen molar-refractivity contribution in [2.24, 2.45) is 53.3 Å². The number of anilines is 3. The fraction of sp³-hybridized carbons (Fsp3) is 0.727. The van der Waals surface area contributed by atoms with E-state index in [4.69, 9.17) is 0 Å². The molecule has 6 fully saturated rings. The lowest BCUT2D eigenvalue weighted by Crippen LogP contribution is -2.22. The van der Waals surface area contributed by atoms with E-state index in [0.717, 1.165) is 17.8 Å². The van der Waals surface area contributed by atoms with E-state index in [-0.39, 0.29) is 17.7 Å². The molecule has 7 rings (SSSR count). The maximum absolute atomic E-state index is 13.0. The first-order chi connectivity index (χ1) is 18.9. The van der Waals surface area contributed by atoms with E-state index >= 15 is 0 Å². The van der Waals surface area contributed by atoms with Crippen LogP contribution in [0.25, 0.3) is 0 Å². The van der Waals surface area contributed by atoms with Crippen LogP contribution in [-0.4, -0.2) is 17.7 Å². The van der Waals surface area contributed by atoms with Crippen molar-refractivity contribution in [3.8, 4) is 0 Å². The molecule has 3 amide bonds. The van der Waals surface area contributed by atoms with Gasteiger partial charge in [0.2, 0.25) is 17.7 Å². The Morgan fingerprint density at radius 2 is 0.795 bits per heavy atom. The first-order valence-corrected chi connectivity index (χ1v) is 16.0. The quantitative estimate of drug-likeness (QED) is 0.321. The molecule has 0 radical (unpaired) electrons. The Balaban J connectivity index is 1.01. The maximum Gasteiger partial charge on any atom is 0.224 e. The Kier molecular flexibility index (Phi) is 6.92. The number of hydrogen-bond acceptors (Lipinski definition) is 3. The van der Waals surface area contributed by atoms with Crippen LogP contribution in [0.2, 0.25) is 0 Å². The molecule has 39 heavy (non-hydrogen) atoms. The molecule has 6 heteroatoms. The first kappa shape index (κ1) is 25.6. The lowest BCUT2D eigenvalue weighted by molar-refractivity contribution is -0.118. The third kappa shape index (κ3) is 5.63. The fourth-order valence-corrected chi connectivity index (χ4v) is 10.1. The highest BCUT2D eigenvalue weighted by Gasteiger charge is 2.42. The predicted molar refractivity (Wildman–Crippen MR) is 153 cm³/mol. The third-order valence-corrected chi connectivity index (χ3v) is 11.8. The maximum atomic E-state index is 13.0. The van der Waals surface area contributed by atoms with Crippen molar-refractivity contribution in [3.05, 3.63) is 18.2 Å². The number of fused-ring (bicyclic) bond motifs is 6. The van der Waals surface area contributed by atoms with Crippen molar-refractivity contribution in [2.75, 3.05) is 16.0 Å². The van der Waals surface area contributed by atoms with E-state index in [2.05, 4.69) is 16.0 Å². The molecule has 6 aliphatic carbocycles. The molecule has 6 nitrogen and oxygen atoms in total. The largest absolute Gasteiger partial charge is 0.326 e. The van der Waals surface area contributed by atoms with Gasteiger partial charge in [-0.3, -0.25) is 14.4 Å². The van der Waals surface area contributed by atoms with Gasteiger partial charge < -0.3 is 16.0 Å². The highest BCUT2D eigenvalue weighted by molar-refractivity contribution is 5.98. The number of carbonyl (C=O) groups excluding carboxylic acids is 3. The SMILES string of the molecule is O=C(CC1CC2CCC1C2)Nc1cc(NC(=O)CC2CC3CCC2C3)cc(NC(=O)CC2CC3CCC2C3)c1. The molecule has 210 valence electrons. The Hall–Kier alpha value is -2.37. The van der Waals surface area contributed by atoms with Crippen LogP contribution >= 0.6 is 0 Å². The minimum atomic E-state index is 0.0391. The van der Waals surface area contributed by atoms with Gasteiger partial charge in [0.25, 0.3) is 0 Å². The summed E-state index contributed by atoms with van der Waals surface area (Å²) in [4.78, 5) is 39.1. The summed E-state index contributed by atoms with van der Waals surface area (Å²) in [5, 5.41) is 9.31. The van der Waals surface area contributed by atoms with Crippen LogP contribution in [-0.2, 0) is 14.4 Å². The van der Waals surface area contributed by atoms with E-state index in [9.17, 15) is 14.4 Å². The molecule has 6 bridgehead atoms. The molecule has 1 aromatic carbocycles. The highest BCUT2D eigenvalue weighted by Crippen LogP contribution is 2.51. The summed E-state index contributed by atoms with van der Waals surface area (Å²) in [6.07, 6.45) is 16.9. The van der Waals surface area contributed by atoms with Crippen molar-refractivity contribution < 1.29 is 14.4 Å². The standard InChI is InChI=1S/C33H45N3O3/c37-31(13-25-10-19-1-4-22(25)7-19)34-28-16-29(35-32(38)14-26-11-20-2-5-23(26)8-20)18-30(17-28)36-33(39)15-27-12-21-3-6-24(27)9-21/h16-27H,1-15H2,(H,34,37)(H,35,38)(H,36,39). The molecule has 0 saturated heterocycles. The van der Waals surface area contributed by atoms with Crippen LogP contribution in [0, 0.1) is 53.3 Å². The predicted octanol–water partition coefficient (Wildman–Crippen LogP) is 6.98. The molecule has 9 atom stereocenters. The van der Waals surface area contributed by atoms with E-state index < -0.39 is 0 Å². The topological polar surface area (TPSA) is 87.3 Å². The molecule has 0 aliphatic heterocycles. The molecule has 6 aliphatic rings. The van der Waals surface area contributed by atoms with E-state index in [0.29, 0.717) is 71.8 Å². The zero-order valence-corrected chi connectivity index (χ0v) is 23.3. The van der Waals surface area contributed by atoms with Gasteiger partial charge in [0, 0.05) is 36.3 Å². The molecular formula is C33H45N3O3. The molecule has 3 N–H and O–H groups in total. The summed E-state index contributed by atoms with van der Waals surface area (Å²) >= 11 is 0. The fourth-order valence-electron chi connectivity index (χ4n) is 10.1. The average molecular weight is 532 g/mol. The molecule has 1 aromatic rings. The third-order valence-electron chi connectivity index (χ3n) is 11.8. The zero-order chi connectivity index (χ0) is 26.5. The number of nitrogens with one attached hydrogen (secondary N) is 3. The van der Waals surface area contributed by atoms with Gasteiger partial charge >= 0.3 is 0 Å². The zero-order valence-electron chi connectivity index (χ0n) is 23.3. The van der Waals surface area contributed by atoms with Crippen LogP contribution in [0.4, 0.5) is 17.1 Å². The van der Waals surface area contributed by atoms with Gasteiger partial charge in [-0.05, 0) is 129 Å². The highest BCUT2D eigenvalue weighted by atomic mass is 16.2. The monoisotopic (exact) mass is 531 g/mol.